The van der Waals surface area contributed by atoms with Gasteiger partial charge in [0.1, 0.15) is 24.4 Å². The summed E-state index contributed by atoms with van der Waals surface area (Å²) in [6, 6.07) is 40.5. The van der Waals surface area contributed by atoms with Crippen LogP contribution in [0, 0.1) is 0 Å². The van der Waals surface area contributed by atoms with Gasteiger partial charge in [0.05, 0.1) is 39.1 Å². The second-order valence-electron chi connectivity index (χ2n) is 10.2. The summed E-state index contributed by atoms with van der Waals surface area (Å²) in [6.07, 6.45) is -2.10. The number of ether oxygens (including phenoxy) is 5. The number of hydrogen-bond donors (Lipinski definition) is 1. The van der Waals surface area contributed by atoms with Gasteiger partial charge in [-0.25, -0.2) is 0 Å². The number of hydrogen-bond acceptors (Lipinski definition) is 6. The molecule has 0 saturated carbocycles. The van der Waals surface area contributed by atoms with Crippen LogP contribution < -0.4 is 5.73 Å². The van der Waals surface area contributed by atoms with Crippen molar-refractivity contribution in [2.75, 3.05) is 13.2 Å². The fraction of sp³-hybridized carbons (Fsp3) is 0.314. The fourth-order valence-electron chi connectivity index (χ4n) is 5.07. The van der Waals surface area contributed by atoms with Crippen molar-refractivity contribution in [1.82, 2.24) is 0 Å². The molecule has 4 aromatic carbocycles. The van der Waals surface area contributed by atoms with E-state index >= 15 is 0 Å². The van der Waals surface area contributed by atoms with Gasteiger partial charge in [0.25, 0.3) is 0 Å². The van der Waals surface area contributed by atoms with Crippen LogP contribution in [-0.2, 0) is 50.1 Å². The second-order valence-corrected chi connectivity index (χ2v) is 10.2. The lowest BCUT2D eigenvalue weighted by Crippen LogP contribution is -2.62. The van der Waals surface area contributed by atoms with Gasteiger partial charge in [0.2, 0.25) is 0 Å². The molecule has 5 rings (SSSR count). The van der Waals surface area contributed by atoms with Crippen LogP contribution in [0.25, 0.3) is 0 Å². The van der Waals surface area contributed by atoms with Crippen molar-refractivity contribution in [3.63, 3.8) is 0 Å². The Bertz CT molecular complexity index is 1260. The average molecular weight is 554 g/mol. The van der Waals surface area contributed by atoms with E-state index in [2.05, 4.69) is 24.3 Å². The molecule has 41 heavy (non-hydrogen) atoms. The molecule has 214 valence electrons. The third-order valence-corrected chi connectivity index (χ3v) is 7.21. The lowest BCUT2D eigenvalue weighted by molar-refractivity contribution is -0.270. The molecule has 6 heteroatoms. The Morgan fingerprint density at radius 3 is 1.24 bits per heavy atom. The zero-order valence-corrected chi connectivity index (χ0v) is 23.3. The average Bonchev–Trinajstić information content (AvgIpc) is 3.04. The summed E-state index contributed by atoms with van der Waals surface area (Å²) in [7, 11) is 0. The van der Waals surface area contributed by atoms with Crippen LogP contribution in [0.3, 0.4) is 0 Å². The monoisotopic (exact) mass is 553 g/mol. The van der Waals surface area contributed by atoms with Gasteiger partial charge in [-0.1, -0.05) is 121 Å². The summed E-state index contributed by atoms with van der Waals surface area (Å²) >= 11 is 0. The van der Waals surface area contributed by atoms with Crippen LogP contribution in [0.4, 0.5) is 0 Å². The van der Waals surface area contributed by atoms with E-state index < -0.39 is 24.4 Å². The molecule has 1 saturated heterocycles. The van der Waals surface area contributed by atoms with Crippen molar-refractivity contribution in [2.24, 2.45) is 5.73 Å². The molecular weight excluding hydrogens is 514 g/mol. The summed E-state index contributed by atoms with van der Waals surface area (Å²) in [4.78, 5) is 0. The Labute approximate surface area is 243 Å². The zero-order valence-electron chi connectivity index (χ0n) is 23.3. The highest BCUT2D eigenvalue weighted by Gasteiger charge is 2.48. The van der Waals surface area contributed by atoms with Gasteiger partial charge < -0.3 is 29.4 Å². The first-order valence-electron chi connectivity index (χ1n) is 14.2. The number of rotatable bonds is 14. The van der Waals surface area contributed by atoms with E-state index in [1.165, 1.54) is 0 Å². The van der Waals surface area contributed by atoms with Crippen molar-refractivity contribution in [3.05, 3.63) is 144 Å². The molecule has 1 heterocycles. The molecular formula is C35H39NO5. The molecule has 5 atom stereocenters. The molecule has 1 aliphatic heterocycles. The summed E-state index contributed by atoms with van der Waals surface area (Å²) in [6.45, 7) is 2.33. The maximum Gasteiger partial charge on any atom is 0.115 e. The molecule has 0 aliphatic carbocycles. The smallest absolute Gasteiger partial charge is 0.115 e. The zero-order chi connectivity index (χ0) is 28.1. The van der Waals surface area contributed by atoms with E-state index in [-0.39, 0.29) is 12.6 Å². The molecule has 1 aliphatic rings. The molecule has 4 aromatic rings. The van der Waals surface area contributed by atoms with Crippen molar-refractivity contribution in [3.8, 4) is 0 Å². The van der Waals surface area contributed by atoms with Gasteiger partial charge in [-0.3, -0.25) is 0 Å². The molecule has 0 amide bonds. The SMILES string of the molecule is NC[C@H]1OC(COCc2ccccc2)[C@@H](OCc2ccccc2)C(OCc2ccccc2)C1OCc1ccccc1. The molecule has 3 unspecified atom stereocenters. The van der Waals surface area contributed by atoms with Crippen LogP contribution >= 0.6 is 0 Å². The summed E-state index contributed by atoms with van der Waals surface area (Å²) in [5.74, 6) is 0. The lowest BCUT2D eigenvalue weighted by atomic mass is 9.94. The van der Waals surface area contributed by atoms with Crippen LogP contribution in [0.5, 0.6) is 0 Å². The van der Waals surface area contributed by atoms with Gasteiger partial charge in [0, 0.05) is 6.54 Å². The third-order valence-electron chi connectivity index (χ3n) is 7.21. The van der Waals surface area contributed by atoms with E-state index in [9.17, 15) is 0 Å². The predicted molar refractivity (Wildman–Crippen MR) is 159 cm³/mol. The van der Waals surface area contributed by atoms with E-state index in [1.54, 1.807) is 0 Å². The van der Waals surface area contributed by atoms with Gasteiger partial charge in [-0.2, -0.15) is 0 Å². The second kappa shape index (κ2) is 15.6. The van der Waals surface area contributed by atoms with Gasteiger partial charge in [-0.05, 0) is 22.3 Å². The van der Waals surface area contributed by atoms with E-state index in [4.69, 9.17) is 29.4 Å². The highest BCUT2D eigenvalue weighted by atomic mass is 16.6. The van der Waals surface area contributed by atoms with Crippen molar-refractivity contribution in [1.29, 1.82) is 0 Å². The standard InChI is InChI=1S/C35H39NO5/c36-21-31-33(38-23-28-15-7-2-8-16-28)35(40-25-30-19-11-4-12-20-30)34(39-24-29-17-9-3-10-18-29)32(41-31)26-37-22-27-13-5-1-6-14-27/h1-20,31-35H,21-26,36H2/t31-,32?,33?,34-,35?/m1/s1. The maximum absolute atomic E-state index is 6.66. The van der Waals surface area contributed by atoms with Crippen molar-refractivity contribution >= 4 is 0 Å². The Hall–Kier alpha value is -3.36. The van der Waals surface area contributed by atoms with Gasteiger partial charge >= 0.3 is 0 Å². The fourth-order valence-corrected chi connectivity index (χ4v) is 5.07. The topological polar surface area (TPSA) is 72.2 Å². The molecule has 0 aromatic heterocycles. The summed E-state index contributed by atoms with van der Waals surface area (Å²) in [5, 5.41) is 0. The van der Waals surface area contributed by atoms with E-state index in [1.807, 2.05) is 97.1 Å². The number of nitrogens with two attached hydrogens (primary N) is 1. The van der Waals surface area contributed by atoms with Gasteiger partial charge in [0.15, 0.2) is 0 Å². The Balaban J connectivity index is 1.38. The maximum atomic E-state index is 6.66. The van der Waals surface area contributed by atoms with Crippen LogP contribution in [0.15, 0.2) is 121 Å². The number of benzene rings is 4. The van der Waals surface area contributed by atoms with Crippen molar-refractivity contribution < 1.29 is 23.7 Å². The molecule has 0 radical (unpaired) electrons. The van der Waals surface area contributed by atoms with Gasteiger partial charge in [-0.15, -0.1) is 0 Å². The van der Waals surface area contributed by atoms with E-state index in [0.29, 0.717) is 33.0 Å². The predicted octanol–water partition coefficient (Wildman–Crippen LogP) is 5.69. The normalized spacial score (nSPS) is 22.4. The minimum absolute atomic E-state index is 0.283. The molecule has 0 bridgehead atoms. The first-order chi connectivity index (χ1) is 20.3. The Morgan fingerprint density at radius 2 is 0.829 bits per heavy atom. The quantitative estimate of drug-likeness (QED) is 0.217. The van der Waals surface area contributed by atoms with E-state index in [0.717, 1.165) is 22.3 Å². The van der Waals surface area contributed by atoms with Crippen LogP contribution in [0.1, 0.15) is 22.3 Å². The largest absolute Gasteiger partial charge is 0.374 e. The van der Waals surface area contributed by atoms with Crippen LogP contribution in [0.2, 0.25) is 0 Å². The highest BCUT2D eigenvalue weighted by molar-refractivity contribution is 5.16. The Kier molecular flexibility index (Phi) is 11.1. The molecule has 0 spiro atoms. The first kappa shape index (κ1) is 29.1. The highest BCUT2D eigenvalue weighted by Crippen LogP contribution is 2.30. The third kappa shape index (κ3) is 8.57. The molecule has 2 N–H and O–H groups in total. The summed E-state index contributed by atoms with van der Waals surface area (Å²) in [5.41, 5.74) is 10.6. The lowest BCUT2D eigenvalue weighted by Gasteiger charge is -2.46. The molecule has 6 nitrogen and oxygen atoms in total. The van der Waals surface area contributed by atoms with Crippen LogP contribution in [-0.4, -0.2) is 43.7 Å². The molecule has 1 fully saturated rings. The first-order valence-corrected chi connectivity index (χ1v) is 14.2. The minimum Gasteiger partial charge on any atom is -0.374 e. The summed E-state index contributed by atoms with van der Waals surface area (Å²) < 4.78 is 32.5. The minimum atomic E-state index is -0.446. The van der Waals surface area contributed by atoms with Crippen molar-refractivity contribution in [2.45, 2.75) is 56.9 Å². The Morgan fingerprint density at radius 1 is 0.463 bits per heavy atom.